The van der Waals surface area contributed by atoms with Crippen molar-refractivity contribution < 1.29 is 27.8 Å². The van der Waals surface area contributed by atoms with Crippen molar-refractivity contribution in [3.05, 3.63) is 60.2 Å². The third-order valence-corrected chi connectivity index (χ3v) is 5.06. The van der Waals surface area contributed by atoms with Crippen LogP contribution in [0.15, 0.2) is 54.6 Å². The Kier molecular flexibility index (Phi) is 8.17. The minimum atomic E-state index is -4.80. The average molecular weight is 476 g/mol. The minimum Gasteiger partial charge on any atom is -0.496 e. The Bertz CT molecular complexity index is 1090. The van der Waals surface area contributed by atoms with Crippen LogP contribution in [0, 0.1) is 5.92 Å². The van der Waals surface area contributed by atoms with Crippen molar-refractivity contribution in [2.45, 2.75) is 32.8 Å². The van der Waals surface area contributed by atoms with Gasteiger partial charge in [0.2, 0.25) is 5.95 Å². The number of nitrogens with one attached hydrogen (secondary N) is 2. The molecule has 182 valence electrons. The van der Waals surface area contributed by atoms with E-state index in [2.05, 4.69) is 25.3 Å². The molecule has 0 fully saturated rings. The number of ether oxygens (including phenoxy) is 2. The second-order valence-electron chi connectivity index (χ2n) is 7.88. The molecular formula is C24H27F3N4O3. The fourth-order valence-electron chi connectivity index (χ4n) is 3.23. The number of alkyl halides is 3. The summed E-state index contributed by atoms with van der Waals surface area (Å²) in [4.78, 5) is 8.95. The third kappa shape index (κ3) is 6.98. The summed E-state index contributed by atoms with van der Waals surface area (Å²) in [7, 11) is 1.58. The fraction of sp³-hybridized carbons (Fsp3) is 0.333. The molecule has 3 N–H and O–H groups in total. The smallest absolute Gasteiger partial charge is 0.496 e. The normalized spacial score (nSPS) is 12.4. The van der Waals surface area contributed by atoms with Crippen LogP contribution in [0.4, 0.5) is 24.9 Å². The Morgan fingerprint density at radius 2 is 1.79 bits per heavy atom. The van der Waals surface area contributed by atoms with E-state index < -0.39 is 6.36 Å². The van der Waals surface area contributed by atoms with Gasteiger partial charge in [-0.3, -0.25) is 0 Å². The minimum absolute atomic E-state index is 0.0887. The first-order valence-corrected chi connectivity index (χ1v) is 10.7. The van der Waals surface area contributed by atoms with Gasteiger partial charge in [-0.05, 0) is 24.1 Å². The highest BCUT2D eigenvalue weighted by Crippen LogP contribution is 2.29. The summed E-state index contributed by atoms with van der Waals surface area (Å²) in [6.45, 7) is 4.14. The van der Waals surface area contributed by atoms with Crippen LogP contribution < -0.4 is 20.1 Å². The lowest BCUT2D eigenvalue weighted by Gasteiger charge is -2.21. The number of halogens is 3. The number of benzene rings is 2. The average Bonchev–Trinajstić information content (AvgIpc) is 2.80. The van der Waals surface area contributed by atoms with Crippen LogP contribution in [-0.4, -0.2) is 41.2 Å². The van der Waals surface area contributed by atoms with Gasteiger partial charge in [0.25, 0.3) is 0 Å². The van der Waals surface area contributed by atoms with Crippen LogP contribution in [0.25, 0.3) is 11.3 Å². The Labute approximate surface area is 196 Å². The lowest BCUT2D eigenvalue weighted by Crippen LogP contribution is -2.30. The second-order valence-corrected chi connectivity index (χ2v) is 7.88. The van der Waals surface area contributed by atoms with E-state index in [0.29, 0.717) is 29.4 Å². The number of hydrogen-bond donors (Lipinski definition) is 3. The predicted octanol–water partition coefficient (Wildman–Crippen LogP) is 5.09. The number of nitrogens with zero attached hydrogens (tertiary/aromatic N) is 2. The van der Waals surface area contributed by atoms with Crippen molar-refractivity contribution in [2.75, 3.05) is 24.4 Å². The standard InChI is InChI=1S/C24H27F3N4O3/c1-15(2)20(14-32)30-23-29-19(16-8-6-9-18(11-16)34-24(25,26)27)12-22(31-23)28-13-17-7-4-5-10-21(17)33-3/h4-12,15,20,32H,13-14H2,1-3H3,(H2,28,29,30,31)/t20-/m1/s1. The topological polar surface area (TPSA) is 88.5 Å². The summed E-state index contributed by atoms with van der Waals surface area (Å²) in [5, 5.41) is 16.0. The number of rotatable bonds is 10. The van der Waals surface area contributed by atoms with E-state index in [1.54, 1.807) is 19.2 Å². The first-order chi connectivity index (χ1) is 16.2. The Morgan fingerprint density at radius 3 is 2.47 bits per heavy atom. The van der Waals surface area contributed by atoms with Crippen LogP contribution in [0.3, 0.4) is 0 Å². The molecule has 0 spiro atoms. The van der Waals surface area contributed by atoms with Gasteiger partial charge in [-0.2, -0.15) is 4.98 Å². The molecule has 34 heavy (non-hydrogen) atoms. The number of aliphatic hydroxyl groups is 1. The van der Waals surface area contributed by atoms with Gasteiger partial charge in [0.1, 0.15) is 17.3 Å². The molecule has 0 radical (unpaired) electrons. The summed E-state index contributed by atoms with van der Waals surface area (Å²) in [5.41, 5.74) is 1.70. The van der Waals surface area contributed by atoms with E-state index in [1.807, 2.05) is 38.1 Å². The van der Waals surface area contributed by atoms with Crippen LogP contribution in [0.2, 0.25) is 0 Å². The second kappa shape index (κ2) is 11.1. The van der Waals surface area contributed by atoms with E-state index in [9.17, 15) is 18.3 Å². The van der Waals surface area contributed by atoms with Crippen molar-refractivity contribution >= 4 is 11.8 Å². The van der Waals surface area contributed by atoms with Gasteiger partial charge in [-0.15, -0.1) is 13.2 Å². The number of hydrogen-bond acceptors (Lipinski definition) is 7. The van der Waals surface area contributed by atoms with E-state index in [4.69, 9.17) is 4.74 Å². The van der Waals surface area contributed by atoms with Gasteiger partial charge >= 0.3 is 6.36 Å². The zero-order valence-electron chi connectivity index (χ0n) is 19.1. The van der Waals surface area contributed by atoms with Crippen LogP contribution >= 0.6 is 0 Å². The Hall–Kier alpha value is -3.53. The van der Waals surface area contributed by atoms with Crippen molar-refractivity contribution in [3.63, 3.8) is 0 Å². The lowest BCUT2D eigenvalue weighted by atomic mass is 10.1. The molecule has 0 unspecified atom stereocenters. The molecule has 1 aromatic heterocycles. The molecule has 3 aromatic rings. The monoisotopic (exact) mass is 476 g/mol. The summed E-state index contributed by atoms with van der Waals surface area (Å²) in [6, 6.07) is 14.4. The van der Waals surface area contributed by atoms with Gasteiger partial charge in [0.15, 0.2) is 0 Å². The number of para-hydroxylation sites is 1. The summed E-state index contributed by atoms with van der Waals surface area (Å²) < 4.78 is 47.5. The molecule has 0 aliphatic carbocycles. The number of methoxy groups -OCH3 is 1. The molecule has 2 aromatic carbocycles. The lowest BCUT2D eigenvalue weighted by molar-refractivity contribution is -0.274. The number of anilines is 2. The quantitative estimate of drug-likeness (QED) is 0.376. The maximum absolute atomic E-state index is 12.7. The first kappa shape index (κ1) is 25.1. The van der Waals surface area contributed by atoms with Gasteiger partial charge in [0.05, 0.1) is 25.5 Å². The molecule has 1 heterocycles. The van der Waals surface area contributed by atoms with Gasteiger partial charge < -0.3 is 25.2 Å². The molecular weight excluding hydrogens is 449 g/mol. The highest BCUT2D eigenvalue weighted by Gasteiger charge is 2.31. The summed E-state index contributed by atoms with van der Waals surface area (Å²) in [5.74, 6) is 1.12. The molecule has 10 heteroatoms. The molecule has 0 bridgehead atoms. The van der Waals surface area contributed by atoms with E-state index in [1.165, 1.54) is 18.2 Å². The molecule has 0 saturated carbocycles. The summed E-state index contributed by atoms with van der Waals surface area (Å²) >= 11 is 0. The van der Waals surface area contributed by atoms with Crippen LogP contribution in [0.5, 0.6) is 11.5 Å². The Balaban J connectivity index is 1.95. The molecule has 3 rings (SSSR count). The fourth-order valence-corrected chi connectivity index (χ4v) is 3.23. The third-order valence-electron chi connectivity index (χ3n) is 5.06. The molecule has 0 aliphatic rings. The molecule has 1 atom stereocenters. The maximum atomic E-state index is 12.7. The highest BCUT2D eigenvalue weighted by molar-refractivity contribution is 5.66. The zero-order chi connectivity index (χ0) is 24.7. The van der Waals surface area contributed by atoms with Crippen molar-refractivity contribution in [3.8, 4) is 22.8 Å². The molecule has 7 nitrogen and oxygen atoms in total. The van der Waals surface area contributed by atoms with Crippen molar-refractivity contribution in [1.29, 1.82) is 0 Å². The van der Waals surface area contributed by atoms with Gasteiger partial charge in [-0.1, -0.05) is 44.2 Å². The zero-order valence-corrected chi connectivity index (χ0v) is 19.1. The van der Waals surface area contributed by atoms with E-state index in [0.717, 1.165) is 5.56 Å². The SMILES string of the molecule is COc1ccccc1CNc1cc(-c2cccc(OC(F)(F)F)c2)nc(N[C@H](CO)C(C)C)n1. The molecule has 0 aliphatic heterocycles. The maximum Gasteiger partial charge on any atom is 0.573 e. The van der Waals surface area contributed by atoms with Crippen molar-refractivity contribution in [1.82, 2.24) is 9.97 Å². The van der Waals surface area contributed by atoms with Gasteiger partial charge in [-0.25, -0.2) is 4.98 Å². The molecule has 0 saturated heterocycles. The largest absolute Gasteiger partial charge is 0.573 e. The van der Waals surface area contributed by atoms with E-state index in [-0.39, 0.29) is 30.3 Å². The highest BCUT2D eigenvalue weighted by atomic mass is 19.4. The number of aliphatic hydroxyl groups excluding tert-OH is 1. The Morgan fingerprint density at radius 1 is 1.03 bits per heavy atom. The summed E-state index contributed by atoms with van der Waals surface area (Å²) in [6.07, 6.45) is -4.80. The molecule has 0 amide bonds. The van der Waals surface area contributed by atoms with Crippen molar-refractivity contribution in [2.24, 2.45) is 5.92 Å². The van der Waals surface area contributed by atoms with Crippen LogP contribution in [-0.2, 0) is 6.54 Å². The first-order valence-electron chi connectivity index (χ1n) is 10.7. The predicted molar refractivity (Wildman–Crippen MR) is 124 cm³/mol. The van der Waals surface area contributed by atoms with E-state index >= 15 is 0 Å². The van der Waals surface area contributed by atoms with Crippen LogP contribution in [0.1, 0.15) is 19.4 Å². The number of aromatic nitrogens is 2. The van der Waals surface area contributed by atoms with Gasteiger partial charge in [0, 0.05) is 23.7 Å².